The van der Waals surface area contributed by atoms with Crippen molar-refractivity contribution in [1.29, 1.82) is 0 Å². The summed E-state index contributed by atoms with van der Waals surface area (Å²) < 4.78 is 2.13. The van der Waals surface area contributed by atoms with E-state index in [-0.39, 0.29) is 11.8 Å². The number of carbonyl (C=O) groups is 2. The molecule has 2 amide bonds. The number of para-hydroxylation sites is 1. The maximum absolute atomic E-state index is 14.1. The van der Waals surface area contributed by atoms with Crippen LogP contribution < -0.4 is 4.90 Å². The van der Waals surface area contributed by atoms with Crippen molar-refractivity contribution in [2.45, 2.75) is 13.8 Å². The molecule has 1 aliphatic heterocycles. The number of aromatic nitrogens is 1. The van der Waals surface area contributed by atoms with E-state index >= 15 is 0 Å². The Morgan fingerprint density at radius 1 is 0.500 bits per heavy atom. The van der Waals surface area contributed by atoms with E-state index in [1.54, 1.807) is 6.07 Å². The molecule has 0 saturated heterocycles. The van der Waals surface area contributed by atoms with Crippen molar-refractivity contribution >= 4 is 39.3 Å². The third-order valence-electron chi connectivity index (χ3n) is 8.73. The minimum absolute atomic E-state index is 0.308. The molecule has 44 heavy (non-hydrogen) atoms. The molecule has 8 rings (SSSR count). The monoisotopic (exact) mass is 568 g/mol. The van der Waals surface area contributed by atoms with Gasteiger partial charge in [0.2, 0.25) is 0 Å². The number of hydrogen-bond donors (Lipinski definition) is 0. The summed E-state index contributed by atoms with van der Waals surface area (Å²) in [6.07, 6.45) is 0. The molecular formula is C40H28N2O2. The SMILES string of the molecule is Cc1ccc(-c2ccc3c(c2)c2ccccc2n3-c2cccc3c2C(=O)N(c2ccc(-c4ccccc4)cc2)C3=O)c(C)c1. The number of fused-ring (bicyclic) bond motifs is 4. The van der Waals surface area contributed by atoms with E-state index < -0.39 is 0 Å². The van der Waals surface area contributed by atoms with Gasteiger partial charge >= 0.3 is 0 Å². The second-order valence-corrected chi connectivity index (χ2v) is 11.5. The van der Waals surface area contributed by atoms with Crippen LogP contribution >= 0.6 is 0 Å². The van der Waals surface area contributed by atoms with E-state index in [2.05, 4.69) is 66.9 Å². The lowest BCUT2D eigenvalue weighted by atomic mass is 9.97. The highest BCUT2D eigenvalue weighted by atomic mass is 16.2. The Hall–Kier alpha value is -5.74. The molecule has 0 bridgehead atoms. The van der Waals surface area contributed by atoms with Crippen molar-refractivity contribution in [2.75, 3.05) is 4.90 Å². The molecule has 1 aliphatic rings. The largest absolute Gasteiger partial charge is 0.308 e. The lowest BCUT2D eigenvalue weighted by Crippen LogP contribution is -2.29. The van der Waals surface area contributed by atoms with Gasteiger partial charge in [0.15, 0.2) is 0 Å². The van der Waals surface area contributed by atoms with Crippen molar-refractivity contribution in [3.63, 3.8) is 0 Å². The zero-order valence-electron chi connectivity index (χ0n) is 24.4. The summed E-state index contributed by atoms with van der Waals surface area (Å²) >= 11 is 0. The first-order valence-electron chi connectivity index (χ1n) is 14.8. The second kappa shape index (κ2) is 9.92. The summed E-state index contributed by atoms with van der Waals surface area (Å²) in [5, 5.41) is 2.19. The number of anilines is 1. The fourth-order valence-corrected chi connectivity index (χ4v) is 6.66. The van der Waals surface area contributed by atoms with Gasteiger partial charge in [-0.2, -0.15) is 0 Å². The first-order chi connectivity index (χ1) is 21.5. The predicted molar refractivity (Wildman–Crippen MR) is 179 cm³/mol. The molecule has 0 saturated carbocycles. The van der Waals surface area contributed by atoms with Crippen LogP contribution in [0, 0.1) is 13.8 Å². The minimum Gasteiger partial charge on any atom is -0.308 e. The van der Waals surface area contributed by atoms with Crippen LogP contribution in [0.3, 0.4) is 0 Å². The molecule has 0 spiro atoms. The van der Waals surface area contributed by atoms with E-state index in [0.29, 0.717) is 22.5 Å². The summed E-state index contributed by atoms with van der Waals surface area (Å²) in [7, 11) is 0. The molecule has 0 N–H and O–H groups in total. The number of imide groups is 1. The van der Waals surface area contributed by atoms with Crippen molar-refractivity contribution in [1.82, 2.24) is 4.57 Å². The minimum atomic E-state index is -0.314. The number of rotatable bonds is 4. The quantitative estimate of drug-likeness (QED) is 0.198. The third-order valence-corrected chi connectivity index (χ3v) is 8.73. The van der Waals surface area contributed by atoms with Crippen molar-refractivity contribution in [2.24, 2.45) is 0 Å². The number of amides is 2. The molecule has 0 unspecified atom stereocenters. The predicted octanol–water partition coefficient (Wildman–Crippen LogP) is 9.54. The van der Waals surface area contributed by atoms with Gasteiger partial charge in [-0.3, -0.25) is 9.59 Å². The molecule has 6 aromatic carbocycles. The lowest BCUT2D eigenvalue weighted by molar-refractivity contribution is 0.0926. The molecule has 0 fully saturated rings. The van der Waals surface area contributed by atoms with Gasteiger partial charge in [-0.05, 0) is 84.1 Å². The Bertz CT molecular complexity index is 2280. The molecular weight excluding hydrogens is 540 g/mol. The van der Waals surface area contributed by atoms with E-state index in [4.69, 9.17) is 0 Å². The summed E-state index contributed by atoms with van der Waals surface area (Å²) in [4.78, 5) is 29.2. The summed E-state index contributed by atoms with van der Waals surface area (Å²) in [5.41, 5.74) is 11.0. The van der Waals surface area contributed by atoms with Gasteiger partial charge in [-0.1, -0.05) is 96.6 Å². The molecule has 0 aliphatic carbocycles. The van der Waals surface area contributed by atoms with Gasteiger partial charge in [0.05, 0.1) is 33.5 Å². The van der Waals surface area contributed by atoms with Crippen LogP contribution in [-0.2, 0) is 0 Å². The average Bonchev–Trinajstić information content (AvgIpc) is 3.52. The van der Waals surface area contributed by atoms with Crippen LogP contribution in [0.5, 0.6) is 0 Å². The zero-order valence-corrected chi connectivity index (χ0v) is 24.4. The molecule has 1 aromatic heterocycles. The van der Waals surface area contributed by atoms with Gasteiger partial charge in [-0.15, -0.1) is 0 Å². The first-order valence-corrected chi connectivity index (χ1v) is 14.8. The Kier molecular flexibility index (Phi) is 5.85. The van der Waals surface area contributed by atoms with Crippen LogP contribution in [0.2, 0.25) is 0 Å². The number of hydrogen-bond acceptors (Lipinski definition) is 2. The molecule has 7 aromatic rings. The van der Waals surface area contributed by atoms with Crippen molar-refractivity contribution < 1.29 is 9.59 Å². The highest BCUT2D eigenvalue weighted by molar-refractivity contribution is 6.35. The van der Waals surface area contributed by atoms with Gasteiger partial charge in [0.1, 0.15) is 0 Å². The van der Waals surface area contributed by atoms with Crippen LogP contribution in [0.4, 0.5) is 5.69 Å². The maximum Gasteiger partial charge on any atom is 0.268 e. The first kappa shape index (κ1) is 25.9. The highest BCUT2D eigenvalue weighted by Gasteiger charge is 2.39. The van der Waals surface area contributed by atoms with E-state index in [0.717, 1.165) is 38.5 Å². The summed E-state index contributed by atoms with van der Waals surface area (Å²) in [6.45, 7) is 4.26. The number of carbonyl (C=O) groups excluding carboxylic acids is 2. The molecule has 4 nitrogen and oxygen atoms in total. The maximum atomic E-state index is 14.1. The van der Waals surface area contributed by atoms with Gasteiger partial charge in [-0.25, -0.2) is 4.90 Å². The molecule has 2 heterocycles. The molecule has 0 atom stereocenters. The number of aryl methyl sites for hydroxylation is 2. The zero-order chi connectivity index (χ0) is 29.9. The van der Waals surface area contributed by atoms with E-state index in [9.17, 15) is 9.59 Å². The Morgan fingerprint density at radius 3 is 2.00 bits per heavy atom. The Balaban J connectivity index is 1.27. The van der Waals surface area contributed by atoms with Gasteiger partial charge < -0.3 is 4.57 Å². The number of benzene rings is 6. The molecule has 210 valence electrons. The summed E-state index contributed by atoms with van der Waals surface area (Å²) in [6, 6.07) is 44.5. The topological polar surface area (TPSA) is 42.3 Å². The smallest absolute Gasteiger partial charge is 0.268 e. The molecule has 4 heteroatoms. The fraction of sp³-hybridized carbons (Fsp3) is 0.0500. The Labute approximate surface area is 255 Å². The van der Waals surface area contributed by atoms with Crippen LogP contribution in [-0.4, -0.2) is 16.4 Å². The van der Waals surface area contributed by atoms with E-state index in [1.807, 2.05) is 78.9 Å². The molecule has 0 radical (unpaired) electrons. The lowest BCUT2D eigenvalue weighted by Gasteiger charge is -2.15. The second-order valence-electron chi connectivity index (χ2n) is 11.5. The summed E-state index contributed by atoms with van der Waals surface area (Å²) in [5.74, 6) is -0.622. The van der Waals surface area contributed by atoms with Crippen molar-refractivity contribution in [3.8, 4) is 27.9 Å². The standard InChI is InChI=1S/C40H28N2O2/c1-25-15-21-31(26(2)23-25)29-18-22-36-34(24-29)32-11-6-7-13-35(32)42(36)37-14-8-12-33-38(37)40(44)41(39(33)43)30-19-16-28(17-20-30)27-9-4-3-5-10-27/h3-24H,1-2H3. The van der Waals surface area contributed by atoms with Crippen LogP contribution in [0.15, 0.2) is 133 Å². The van der Waals surface area contributed by atoms with Gasteiger partial charge in [0, 0.05) is 10.8 Å². The van der Waals surface area contributed by atoms with E-state index in [1.165, 1.54) is 21.6 Å². The average molecular weight is 569 g/mol. The van der Waals surface area contributed by atoms with Crippen LogP contribution in [0.25, 0.3) is 49.7 Å². The normalized spacial score (nSPS) is 12.8. The van der Waals surface area contributed by atoms with Crippen LogP contribution in [0.1, 0.15) is 31.8 Å². The fourth-order valence-electron chi connectivity index (χ4n) is 6.66. The third kappa shape index (κ3) is 3.92. The van der Waals surface area contributed by atoms with Crippen molar-refractivity contribution in [3.05, 3.63) is 156 Å². The Morgan fingerprint density at radius 2 is 1.20 bits per heavy atom. The highest BCUT2D eigenvalue weighted by Crippen LogP contribution is 2.39. The number of nitrogens with zero attached hydrogens (tertiary/aromatic N) is 2. The van der Waals surface area contributed by atoms with Gasteiger partial charge in [0.25, 0.3) is 11.8 Å².